The van der Waals surface area contributed by atoms with Gasteiger partial charge in [0.2, 0.25) is 0 Å². The van der Waals surface area contributed by atoms with E-state index in [2.05, 4.69) is 28.3 Å². The van der Waals surface area contributed by atoms with Crippen molar-refractivity contribution in [1.29, 1.82) is 0 Å². The van der Waals surface area contributed by atoms with Crippen molar-refractivity contribution in [2.75, 3.05) is 51.3 Å². The largest absolute Gasteiger partial charge is 0.493 e. The topological polar surface area (TPSA) is 73.5 Å². The molecule has 2 aliphatic rings. The third-order valence-electron chi connectivity index (χ3n) is 7.03. The van der Waals surface area contributed by atoms with Crippen molar-refractivity contribution in [2.24, 2.45) is 5.92 Å². The third-order valence-corrected chi connectivity index (χ3v) is 7.30. The van der Waals surface area contributed by atoms with Crippen LogP contribution in [0.1, 0.15) is 29.4 Å². The van der Waals surface area contributed by atoms with Crippen LogP contribution in [0.25, 0.3) is 16.5 Å². The van der Waals surface area contributed by atoms with Crippen LogP contribution in [0.5, 0.6) is 5.75 Å². The van der Waals surface area contributed by atoms with Crippen LogP contribution in [0.15, 0.2) is 30.5 Å². The number of H-pyrrole nitrogens is 1. The summed E-state index contributed by atoms with van der Waals surface area (Å²) in [5.74, 6) is -0.0706. The molecule has 1 fully saturated rings. The molecule has 1 amide bonds. The molecule has 1 saturated heterocycles. The number of pyridine rings is 1. The lowest BCUT2D eigenvalue weighted by molar-refractivity contribution is 0.0741. The minimum atomic E-state index is -0.559. The summed E-state index contributed by atoms with van der Waals surface area (Å²) in [7, 11) is 1.47. The highest BCUT2D eigenvalue weighted by Gasteiger charge is 2.28. The van der Waals surface area contributed by atoms with E-state index in [1.807, 2.05) is 4.90 Å². The summed E-state index contributed by atoms with van der Waals surface area (Å²) < 4.78 is 33.8. The smallest absolute Gasteiger partial charge is 0.270 e. The Hall–Kier alpha value is -3.17. The Balaban J connectivity index is 1.40. The molecule has 4 heterocycles. The van der Waals surface area contributed by atoms with Crippen LogP contribution in [-0.4, -0.2) is 67.2 Å². The van der Waals surface area contributed by atoms with Crippen LogP contribution in [0, 0.1) is 17.6 Å². The fraction of sp³-hybridized carbons (Fsp3) is 0.385. The number of methoxy groups -OCH3 is 1. The van der Waals surface area contributed by atoms with E-state index < -0.39 is 11.6 Å². The summed E-state index contributed by atoms with van der Waals surface area (Å²) in [4.78, 5) is 24.2. The summed E-state index contributed by atoms with van der Waals surface area (Å²) in [6.07, 6.45) is 4.20. The lowest BCUT2D eigenvalue weighted by Gasteiger charge is -2.35. The van der Waals surface area contributed by atoms with Crippen LogP contribution in [0.2, 0.25) is 5.02 Å². The predicted molar refractivity (Wildman–Crippen MR) is 137 cm³/mol. The second-order valence-corrected chi connectivity index (χ2v) is 9.48. The Morgan fingerprint density at radius 1 is 1.22 bits per heavy atom. The average molecular weight is 516 g/mol. The Kier molecular flexibility index (Phi) is 6.85. The molecule has 5 rings (SSSR count). The summed E-state index contributed by atoms with van der Waals surface area (Å²) in [5, 5.41) is 4.05. The number of ether oxygens (including phenoxy) is 1. The predicted octanol–water partition coefficient (Wildman–Crippen LogP) is 4.48. The molecule has 7 nitrogen and oxygen atoms in total. The number of anilines is 1. The third kappa shape index (κ3) is 4.41. The number of hydrogen-bond acceptors (Lipinski definition) is 5. The highest BCUT2D eigenvalue weighted by Crippen LogP contribution is 2.37. The van der Waals surface area contributed by atoms with Gasteiger partial charge in [-0.05, 0) is 35.6 Å². The van der Waals surface area contributed by atoms with E-state index >= 15 is 4.39 Å². The maximum Gasteiger partial charge on any atom is 0.270 e. The molecule has 2 N–H and O–H groups in total. The summed E-state index contributed by atoms with van der Waals surface area (Å²) in [6, 6.07) is 4.70. The van der Waals surface area contributed by atoms with Crippen molar-refractivity contribution in [2.45, 2.75) is 13.3 Å². The van der Waals surface area contributed by atoms with Gasteiger partial charge in [0, 0.05) is 50.7 Å². The van der Waals surface area contributed by atoms with Gasteiger partial charge in [-0.25, -0.2) is 13.8 Å². The van der Waals surface area contributed by atoms with Crippen molar-refractivity contribution in [1.82, 2.24) is 20.2 Å². The van der Waals surface area contributed by atoms with E-state index in [1.165, 1.54) is 13.2 Å². The number of fused-ring (bicyclic) bond motifs is 1. The molecule has 2 aliphatic heterocycles. The lowest BCUT2D eigenvalue weighted by Crippen LogP contribution is -2.49. The van der Waals surface area contributed by atoms with Crippen LogP contribution in [-0.2, 0) is 0 Å². The number of aromatic nitrogens is 2. The van der Waals surface area contributed by atoms with E-state index in [4.69, 9.17) is 16.3 Å². The molecule has 10 heteroatoms. The molecule has 0 aliphatic carbocycles. The maximum atomic E-state index is 15.0. The highest BCUT2D eigenvalue weighted by molar-refractivity contribution is 6.32. The van der Waals surface area contributed by atoms with E-state index in [1.54, 1.807) is 17.0 Å². The number of hydrogen-bond donors (Lipinski definition) is 2. The standard InChI is InChI=1S/C26H28ClF2N5O2/c1-3-15-13-30-5-4-17(15)18-11-20(27)23(29)24-19(18)12-21(32-24)26(35)34-8-6-33(7-9-34)25-22(36-2)10-16(28)14-31-25/h4,10-12,14-15,30,32H,3,5-9,13H2,1-2H3. The van der Waals surface area contributed by atoms with Gasteiger partial charge in [0.1, 0.15) is 11.5 Å². The number of benzene rings is 1. The molecule has 0 saturated carbocycles. The van der Waals surface area contributed by atoms with Gasteiger partial charge in [0.25, 0.3) is 5.91 Å². The Morgan fingerprint density at radius 2 is 2.00 bits per heavy atom. The number of halogens is 3. The van der Waals surface area contributed by atoms with E-state index in [0.717, 1.165) is 36.8 Å². The minimum absolute atomic E-state index is 0.0296. The molecule has 190 valence electrons. The first-order valence-corrected chi connectivity index (χ1v) is 12.4. The molecule has 1 unspecified atom stereocenters. The van der Waals surface area contributed by atoms with Crippen LogP contribution >= 0.6 is 11.6 Å². The molecule has 0 spiro atoms. The van der Waals surface area contributed by atoms with Crippen LogP contribution in [0.4, 0.5) is 14.6 Å². The van der Waals surface area contributed by atoms with Gasteiger partial charge < -0.3 is 24.8 Å². The van der Waals surface area contributed by atoms with Gasteiger partial charge in [-0.3, -0.25) is 4.79 Å². The first-order chi connectivity index (χ1) is 17.4. The zero-order chi connectivity index (χ0) is 25.4. The molecule has 3 aromatic rings. The number of amides is 1. The number of nitrogens with one attached hydrogen (secondary N) is 2. The molecule has 1 aromatic carbocycles. The second kappa shape index (κ2) is 10.1. The number of carbonyl (C=O) groups excluding carboxylic acids is 1. The maximum absolute atomic E-state index is 15.0. The van der Waals surface area contributed by atoms with Crippen LogP contribution in [0.3, 0.4) is 0 Å². The van der Waals surface area contributed by atoms with Crippen molar-refractivity contribution in [3.63, 3.8) is 0 Å². The molecular weight excluding hydrogens is 488 g/mol. The molecule has 0 radical (unpaired) electrons. The van der Waals surface area contributed by atoms with Crippen molar-refractivity contribution >= 4 is 39.8 Å². The zero-order valence-corrected chi connectivity index (χ0v) is 21.0. The monoisotopic (exact) mass is 515 g/mol. The molecule has 1 atom stereocenters. The Bertz CT molecular complexity index is 1330. The fourth-order valence-electron chi connectivity index (χ4n) is 5.08. The average Bonchev–Trinajstić information content (AvgIpc) is 3.36. The Morgan fingerprint density at radius 3 is 2.72 bits per heavy atom. The number of rotatable bonds is 5. The van der Waals surface area contributed by atoms with E-state index in [9.17, 15) is 9.18 Å². The van der Waals surface area contributed by atoms with Gasteiger partial charge in [0.05, 0.1) is 23.8 Å². The number of aromatic amines is 1. The SMILES string of the molecule is CCC1CNCC=C1c1cc(Cl)c(F)c2[nH]c(C(=O)N3CCN(c4ncc(F)cc4OC)CC3)cc12. The normalized spacial score (nSPS) is 18.5. The molecule has 36 heavy (non-hydrogen) atoms. The first kappa shape index (κ1) is 24.5. The van der Waals surface area contributed by atoms with Crippen molar-refractivity contribution in [3.8, 4) is 5.75 Å². The first-order valence-electron chi connectivity index (χ1n) is 12.1. The van der Waals surface area contributed by atoms with Crippen molar-refractivity contribution in [3.05, 3.63) is 58.4 Å². The summed E-state index contributed by atoms with van der Waals surface area (Å²) in [5.41, 5.74) is 2.55. The van der Waals surface area contributed by atoms with Gasteiger partial charge in [-0.1, -0.05) is 24.6 Å². The second-order valence-electron chi connectivity index (χ2n) is 9.07. The molecule has 0 bridgehead atoms. The number of nitrogens with zero attached hydrogens (tertiary/aromatic N) is 3. The van der Waals surface area contributed by atoms with E-state index in [-0.39, 0.29) is 22.4 Å². The van der Waals surface area contributed by atoms with E-state index in [0.29, 0.717) is 48.8 Å². The molecular formula is C26H28ClF2N5O2. The van der Waals surface area contributed by atoms with Gasteiger partial charge in [-0.2, -0.15) is 0 Å². The minimum Gasteiger partial charge on any atom is -0.493 e. The van der Waals surface area contributed by atoms with Gasteiger partial charge in [0.15, 0.2) is 17.4 Å². The molecule has 2 aromatic heterocycles. The zero-order valence-electron chi connectivity index (χ0n) is 20.2. The quantitative estimate of drug-likeness (QED) is 0.524. The highest BCUT2D eigenvalue weighted by atomic mass is 35.5. The Labute approximate surface area is 213 Å². The van der Waals surface area contributed by atoms with Crippen LogP contribution < -0.4 is 15.0 Å². The van der Waals surface area contributed by atoms with Gasteiger partial charge in [-0.15, -0.1) is 0 Å². The summed E-state index contributed by atoms with van der Waals surface area (Å²) in [6.45, 7) is 5.57. The van der Waals surface area contributed by atoms with Crippen molar-refractivity contribution < 1.29 is 18.3 Å². The number of piperazine rings is 1. The lowest BCUT2D eigenvalue weighted by atomic mass is 9.86. The fourth-order valence-corrected chi connectivity index (χ4v) is 5.29. The summed E-state index contributed by atoms with van der Waals surface area (Å²) >= 11 is 6.27. The number of carbonyl (C=O) groups is 1. The van der Waals surface area contributed by atoms with Gasteiger partial charge >= 0.3 is 0 Å².